The zero-order valence-electron chi connectivity index (χ0n) is 25.4. The molecule has 1 unspecified atom stereocenters. The van der Waals surface area contributed by atoms with E-state index < -0.39 is 57.4 Å². The summed E-state index contributed by atoms with van der Waals surface area (Å²) < 4.78 is 41.6. The number of H-pyrrole nitrogens is 1. The summed E-state index contributed by atoms with van der Waals surface area (Å²) >= 11 is 0. The number of amides is 1. The quantitative estimate of drug-likeness (QED) is 0.172. The summed E-state index contributed by atoms with van der Waals surface area (Å²) in [7, 11) is -2.78. The molecule has 232 valence electrons. The van der Waals surface area contributed by atoms with Crippen molar-refractivity contribution in [2.45, 2.75) is 78.2 Å². The Labute approximate surface area is 243 Å². The Balaban J connectivity index is 2.67. The fraction of sp³-hybridized carbons (Fsp3) is 0.769. The first-order chi connectivity index (χ1) is 19.1. The molecule has 0 bridgehead atoms. The molecule has 1 aliphatic heterocycles. The molecule has 1 saturated heterocycles. The summed E-state index contributed by atoms with van der Waals surface area (Å²) in [6.07, 6.45) is -1.89. The molecule has 0 spiro atoms. The fourth-order valence-corrected chi connectivity index (χ4v) is 8.19. The topological polar surface area (TPSA) is 146 Å². The van der Waals surface area contributed by atoms with Crippen LogP contribution in [0.15, 0.2) is 15.8 Å². The van der Waals surface area contributed by atoms with Gasteiger partial charge in [0.25, 0.3) is 14.1 Å². The Hall–Kier alpha value is -1.90. The highest BCUT2D eigenvalue weighted by molar-refractivity contribution is 7.62. The Kier molecular flexibility index (Phi) is 13.4. The van der Waals surface area contributed by atoms with Crippen molar-refractivity contribution in [3.63, 3.8) is 0 Å². The molecular weight excluding hydrogens is 572 g/mol. The highest BCUT2D eigenvalue weighted by Gasteiger charge is 2.52. The van der Waals surface area contributed by atoms with Crippen molar-refractivity contribution in [1.29, 1.82) is 0 Å². The molecule has 2 rings (SSSR count). The summed E-state index contributed by atoms with van der Waals surface area (Å²) in [6.45, 7) is 22.0. The Morgan fingerprint density at radius 3 is 2.41 bits per heavy atom. The molecule has 0 aromatic carbocycles. The number of likely N-dealkylation sites (N-methyl/N-ethyl adjacent to an activating group) is 1. The minimum Gasteiger partial charge on any atom is -0.361 e. The van der Waals surface area contributed by atoms with Gasteiger partial charge in [-0.05, 0) is 53.9 Å². The molecule has 1 aromatic rings. The monoisotopic (exact) mass is 617 g/mol. The third-order valence-electron chi connectivity index (χ3n) is 6.48. The normalized spacial score (nSPS) is 22.7. The van der Waals surface area contributed by atoms with Gasteiger partial charge in [0.1, 0.15) is 25.4 Å². The lowest BCUT2D eigenvalue weighted by atomic mass is 10.00. The van der Waals surface area contributed by atoms with Gasteiger partial charge in [0, 0.05) is 37.1 Å². The number of aryl methyl sites for hydroxylation is 1. The van der Waals surface area contributed by atoms with Crippen molar-refractivity contribution in [3.05, 3.63) is 44.0 Å². The number of hydrogen-bond donors (Lipinski definition) is 2. The zero-order valence-corrected chi connectivity index (χ0v) is 27.2. The summed E-state index contributed by atoms with van der Waals surface area (Å²) in [5.41, 5.74) is -0.942. The van der Waals surface area contributed by atoms with Gasteiger partial charge in [-0.2, -0.15) is 0 Å². The van der Waals surface area contributed by atoms with E-state index in [1.807, 2.05) is 34.6 Å². The highest BCUT2D eigenvalue weighted by atomic mass is 31.2. The maximum atomic E-state index is 13.0. The highest BCUT2D eigenvalue weighted by Crippen LogP contribution is 2.52. The fourth-order valence-electron chi connectivity index (χ4n) is 4.85. The van der Waals surface area contributed by atoms with E-state index in [0.717, 1.165) is 0 Å². The molecule has 0 aliphatic carbocycles. The van der Waals surface area contributed by atoms with Gasteiger partial charge in [-0.25, -0.2) is 16.0 Å². The Morgan fingerprint density at radius 1 is 1.24 bits per heavy atom. The van der Waals surface area contributed by atoms with Crippen LogP contribution < -0.4 is 16.6 Å². The standard InChI is InChI=1S/C26H45N5O8P2/c1-16(2)31(17(3)4)40(37-12-11-27-7)39-22-21(19(6)15-41(9,10)35)38-25(23(22)36-14-20(32)28-8)30-13-18(5)24(33)29-26(30)34/h13,16-17,19,21-23,25H,11-12,14-15H2,1-6,8-10H3,(H,28,32)(H,29,33,34)/t19-,21-,22-,23-,25-,40?/m1/s1. The van der Waals surface area contributed by atoms with Crippen LogP contribution in [0.2, 0.25) is 0 Å². The Bertz CT molecular complexity index is 1220. The molecule has 0 saturated carbocycles. The SMILES string of the molecule is [C-]#[N+]CCOP(O[C@H]1[C@@H](OCC(=O)NC)[C@H](n2cc(C)c(=O)[nH]c2=O)O[C@@H]1[C@H](C)CP(C)(C)=O)N(C(C)C)C(C)C. The van der Waals surface area contributed by atoms with Crippen LogP contribution in [0, 0.1) is 19.4 Å². The number of carbonyl (C=O) groups excluding carboxylic acids is 1. The molecule has 0 radical (unpaired) electrons. The molecule has 1 aromatic heterocycles. The second kappa shape index (κ2) is 15.5. The minimum atomic E-state index is -2.50. The number of nitrogens with zero attached hydrogens (tertiary/aromatic N) is 3. The molecule has 2 N–H and O–H groups in total. The zero-order chi connectivity index (χ0) is 31.1. The van der Waals surface area contributed by atoms with Crippen LogP contribution in [0.25, 0.3) is 4.85 Å². The second-order valence-electron chi connectivity index (χ2n) is 11.2. The van der Waals surface area contributed by atoms with Crippen molar-refractivity contribution in [3.8, 4) is 0 Å². The first-order valence-corrected chi connectivity index (χ1v) is 17.6. The van der Waals surface area contributed by atoms with E-state index in [4.69, 9.17) is 25.1 Å². The molecule has 2 heterocycles. The predicted molar refractivity (Wildman–Crippen MR) is 159 cm³/mol. The lowest BCUT2D eigenvalue weighted by Gasteiger charge is -2.38. The van der Waals surface area contributed by atoms with Crippen molar-refractivity contribution >= 4 is 21.6 Å². The smallest absolute Gasteiger partial charge is 0.330 e. The van der Waals surface area contributed by atoms with E-state index in [2.05, 4.69) is 19.8 Å². The molecule has 6 atom stereocenters. The van der Waals surface area contributed by atoms with E-state index in [-0.39, 0.29) is 43.3 Å². The van der Waals surface area contributed by atoms with Crippen molar-refractivity contribution < 1.29 is 27.9 Å². The van der Waals surface area contributed by atoms with Gasteiger partial charge in [-0.15, -0.1) is 0 Å². The minimum absolute atomic E-state index is 0.0178. The average molecular weight is 618 g/mol. The van der Waals surface area contributed by atoms with Gasteiger partial charge in [-0.1, -0.05) is 6.92 Å². The van der Waals surface area contributed by atoms with Crippen LogP contribution in [0.5, 0.6) is 0 Å². The summed E-state index contributed by atoms with van der Waals surface area (Å²) in [5.74, 6) is -0.694. The largest absolute Gasteiger partial charge is 0.361 e. The number of aromatic nitrogens is 2. The van der Waals surface area contributed by atoms with Crippen LogP contribution in [-0.2, 0) is 27.9 Å². The van der Waals surface area contributed by atoms with Crippen LogP contribution >= 0.6 is 15.7 Å². The number of rotatable bonds is 15. The number of hydrogen-bond acceptors (Lipinski definition) is 9. The summed E-state index contributed by atoms with van der Waals surface area (Å²) in [6, 6.07) is 0.0356. The van der Waals surface area contributed by atoms with E-state index in [0.29, 0.717) is 6.16 Å². The van der Waals surface area contributed by atoms with Crippen LogP contribution in [0.3, 0.4) is 0 Å². The Morgan fingerprint density at radius 2 is 1.88 bits per heavy atom. The van der Waals surface area contributed by atoms with Gasteiger partial charge < -0.3 is 33.2 Å². The van der Waals surface area contributed by atoms with Crippen molar-refractivity contribution in [2.75, 3.05) is 46.3 Å². The molecule has 1 fully saturated rings. The lowest BCUT2D eigenvalue weighted by Crippen LogP contribution is -2.44. The number of nitrogens with one attached hydrogen (secondary N) is 2. The van der Waals surface area contributed by atoms with Crippen LogP contribution in [-0.4, -0.2) is 96.8 Å². The number of ether oxygens (including phenoxy) is 2. The number of aromatic amines is 1. The maximum absolute atomic E-state index is 13.0. The third kappa shape index (κ3) is 9.82. The van der Waals surface area contributed by atoms with E-state index in [1.165, 1.54) is 17.8 Å². The average Bonchev–Trinajstić information content (AvgIpc) is 3.21. The predicted octanol–water partition coefficient (Wildman–Crippen LogP) is 2.80. The van der Waals surface area contributed by atoms with Crippen LogP contribution in [0.4, 0.5) is 0 Å². The summed E-state index contributed by atoms with van der Waals surface area (Å²) in [5, 5.41) is 2.52. The first kappa shape index (κ1) is 35.3. The summed E-state index contributed by atoms with van der Waals surface area (Å²) in [4.78, 5) is 43.0. The molecule has 13 nitrogen and oxygen atoms in total. The van der Waals surface area contributed by atoms with E-state index in [1.54, 1.807) is 20.3 Å². The van der Waals surface area contributed by atoms with Gasteiger partial charge in [0.2, 0.25) is 12.5 Å². The number of carbonyl (C=O) groups is 1. The van der Waals surface area contributed by atoms with Gasteiger partial charge in [0.05, 0.1) is 13.2 Å². The molecule has 1 aliphatic rings. The molecule has 15 heteroatoms. The van der Waals surface area contributed by atoms with Gasteiger partial charge in [-0.3, -0.25) is 19.1 Å². The first-order valence-electron chi connectivity index (χ1n) is 13.7. The van der Waals surface area contributed by atoms with Gasteiger partial charge >= 0.3 is 5.69 Å². The molecule has 41 heavy (non-hydrogen) atoms. The second-order valence-corrected chi connectivity index (χ2v) is 16.2. The van der Waals surface area contributed by atoms with E-state index >= 15 is 0 Å². The lowest BCUT2D eigenvalue weighted by molar-refractivity contribution is -0.132. The van der Waals surface area contributed by atoms with Crippen LogP contribution in [0.1, 0.15) is 46.4 Å². The van der Waals surface area contributed by atoms with Crippen molar-refractivity contribution in [1.82, 2.24) is 19.5 Å². The third-order valence-corrected chi connectivity index (χ3v) is 10.1. The van der Waals surface area contributed by atoms with Gasteiger partial charge in [0.15, 0.2) is 6.23 Å². The van der Waals surface area contributed by atoms with Crippen molar-refractivity contribution in [2.24, 2.45) is 5.92 Å². The van der Waals surface area contributed by atoms with E-state index in [9.17, 15) is 18.9 Å². The molecular formula is C26H45N5O8P2. The molecule has 1 amide bonds. The maximum Gasteiger partial charge on any atom is 0.330 e.